The first kappa shape index (κ1) is 12.4. The average molecular weight is 278 g/mol. The van der Waals surface area contributed by atoms with Crippen molar-refractivity contribution in [3.05, 3.63) is 28.1 Å². The van der Waals surface area contributed by atoms with Crippen molar-refractivity contribution in [2.75, 3.05) is 33.4 Å². The highest BCUT2D eigenvalue weighted by molar-refractivity contribution is 7.11. The van der Waals surface area contributed by atoms with Gasteiger partial charge in [-0.05, 0) is 11.4 Å². The van der Waals surface area contributed by atoms with Gasteiger partial charge in [0.2, 0.25) is 0 Å². The Morgan fingerprint density at radius 2 is 1.95 bits per heavy atom. The highest BCUT2D eigenvalue weighted by Gasteiger charge is 2.40. The van der Waals surface area contributed by atoms with Gasteiger partial charge in [-0.25, -0.2) is 0 Å². The molecule has 1 aromatic heterocycles. The summed E-state index contributed by atoms with van der Waals surface area (Å²) in [6.45, 7) is 2.48. The lowest BCUT2D eigenvalue weighted by Gasteiger charge is -2.29. The molecule has 6 heteroatoms. The second-order valence-corrected chi connectivity index (χ2v) is 5.42. The lowest BCUT2D eigenvalue weighted by atomic mass is 10.1. The number of carbonyl (C=O) groups is 2. The van der Waals surface area contributed by atoms with Crippen LogP contribution in [0.4, 0.5) is 0 Å². The van der Waals surface area contributed by atoms with Crippen LogP contribution in [0.25, 0.3) is 5.57 Å². The Morgan fingerprint density at radius 3 is 2.58 bits per heavy atom. The van der Waals surface area contributed by atoms with Crippen molar-refractivity contribution in [3.63, 3.8) is 0 Å². The summed E-state index contributed by atoms with van der Waals surface area (Å²) < 4.78 is 5.30. The third kappa shape index (κ3) is 1.97. The van der Waals surface area contributed by atoms with E-state index in [0.29, 0.717) is 37.6 Å². The zero-order valence-corrected chi connectivity index (χ0v) is 11.4. The summed E-state index contributed by atoms with van der Waals surface area (Å²) in [7, 11) is 1.53. The minimum atomic E-state index is -0.214. The van der Waals surface area contributed by atoms with Gasteiger partial charge in [0.1, 0.15) is 5.70 Å². The molecule has 0 bridgehead atoms. The Bertz CT molecular complexity index is 544. The Hall–Kier alpha value is -1.66. The minimum Gasteiger partial charge on any atom is -0.378 e. The molecule has 2 aliphatic heterocycles. The second-order valence-electron chi connectivity index (χ2n) is 4.47. The average Bonchev–Trinajstić information content (AvgIpc) is 3.03. The van der Waals surface area contributed by atoms with Gasteiger partial charge in [0.15, 0.2) is 0 Å². The topological polar surface area (TPSA) is 49.9 Å². The molecule has 100 valence electrons. The number of hydrogen-bond acceptors (Lipinski definition) is 5. The molecule has 1 fully saturated rings. The fourth-order valence-electron chi connectivity index (χ4n) is 2.35. The summed E-state index contributed by atoms with van der Waals surface area (Å²) in [6, 6.07) is 3.77. The van der Waals surface area contributed by atoms with Crippen molar-refractivity contribution in [1.82, 2.24) is 9.80 Å². The van der Waals surface area contributed by atoms with Gasteiger partial charge in [0.25, 0.3) is 11.8 Å². The highest BCUT2D eigenvalue weighted by atomic mass is 32.1. The van der Waals surface area contributed by atoms with E-state index in [1.54, 1.807) is 0 Å². The number of morpholine rings is 1. The third-order valence-corrected chi connectivity index (χ3v) is 4.24. The first-order valence-corrected chi connectivity index (χ1v) is 7.01. The van der Waals surface area contributed by atoms with E-state index in [-0.39, 0.29) is 11.8 Å². The van der Waals surface area contributed by atoms with Crippen molar-refractivity contribution < 1.29 is 14.3 Å². The van der Waals surface area contributed by atoms with Gasteiger partial charge in [-0.2, -0.15) is 0 Å². The van der Waals surface area contributed by atoms with E-state index in [4.69, 9.17) is 4.74 Å². The zero-order valence-electron chi connectivity index (χ0n) is 10.6. The fraction of sp³-hybridized carbons (Fsp3) is 0.385. The van der Waals surface area contributed by atoms with Crippen LogP contribution in [-0.4, -0.2) is 55.0 Å². The van der Waals surface area contributed by atoms with Crippen molar-refractivity contribution in [2.24, 2.45) is 0 Å². The molecular weight excluding hydrogens is 264 g/mol. The normalized spacial score (nSPS) is 20.7. The van der Waals surface area contributed by atoms with Crippen LogP contribution < -0.4 is 0 Å². The molecule has 0 atom stereocenters. The smallest absolute Gasteiger partial charge is 0.277 e. The van der Waals surface area contributed by atoms with E-state index >= 15 is 0 Å². The van der Waals surface area contributed by atoms with E-state index in [0.717, 1.165) is 4.88 Å². The molecule has 0 N–H and O–H groups in total. The van der Waals surface area contributed by atoms with Crippen LogP contribution >= 0.6 is 11.3 Å². The lowest BCUT2D eigenvalue weighted by Crippen LogP contribution is -2.39. The summed E-state index contributed by atoms with van der Waals surface area (Å²) >= 11 is 1.48. The first-order chi connectivity index (χ1) is 9.20. The summed E-state index contributed by atoms with van der Waals surface area (Å²) in [5.74, 6) is -0.427. The number of likely N-dealkylation sites (N-methyl/N-ethyl adjacent to an activating group) is 1. The molecule has 1 aromatic rings. The number of imide groups is 1. The summed E-state index contributed by atoms with van der Waals surface area (Å²) in [6.07, 6.45) is 0. The molecule has 0 aliphatic carbocycles. The molecule has 1 saturated heterocycles. The summed E-state index contributed by atoms with van der Waals surface area (Å²) in [5.41, 5.74) is 1.06. The van der Waals surface area contributed by atoms with E-state index in [1.165, 1.54) is 23.3 Å². The van der Waals surface area contributed by atoms with Crippen molar-refractivity contribution in [2.45, 2.75) is 0 Å². The number of hydrogen-bond donors (Lipinski definition) is 0. The zero-order chi connectivity index (χ0) is 13.4. The van der Waals surface area contributed by atoms with Crippen molar-refractivity contribution in [1.29, 1.82) is 0 Å². The highest BCUT2D eigenvalue weighted by Crippen LogP contribution is 2.33. The molecule has 0 unspecified atom stereocenters. The maximum absolute atomic E-state index is 12.3. The van der Waals surface area contributed by atoms with Gasteiger partial charge in [-0.3, -0.25) is 14.5 Å². The molecule has 3 heterocycles. The Balaban J connectivity index is 2.07. The molecule has 5 nitrogen and oxygen atoms in total. The number of nitrogens with zero attached hydrogens (tertiary/aromatic N) is 2. The van der Waals surface area contributed by atoms with Gasteiger partial charge in [-0.1, -0.05) is 6.07 Å². The Kier molecular flexibility index (Phi) is 3.12. The molecule has 0 spiro atoms. The molecule has 3 rings (SSSR count). The quantitative estimate of drug-likeness (QED) is 0.751. The van der Waals surface area contributed by atoms with Gasteiger partial charge in [0, 0.05) is 25.0 Å². The number of thiophene rings is 1. The molecule has 0 radical (unpaired) electrons. The number of ether oxygens (including phenoxy) is 1. The van der Waals surface area contributed by atoms with Gasteiger partial charge in [-0.15, -0.1) is 11.3 Å². The fourth-order valence-corrected chi connectivity index (χ4v) is 3.11. The summed E-state index contributed by atoms with van der Waals surface area (Å²) in [5, 5.41) is 1.91. The molecule has 19 heavy (non-hydrogen) atoms. The maximum atomic E-state index is 12.3. The van der Waals surface area contributed by atoms with Crippen LogP contribution in [-0.2, 0) is 14.3 Å². The molecule has 0 saturated carbocycles. The molecule has 0 aromatic carbocycles. The molecule has 2 aliphatic rings. The van der Waals surface area contributed by atoms with Gasteiger partial charge >= 0.3 is 0 Å². The van der Waals surface area contributed by atoms with Crippen molar-refractivity contribution >= 4 is 28.7 Å². The molecule has 2 amide bonds. The van der Waals surface area contributed by atoms with E-state index in [9.17, 15) is 9.59 Å². The number of rotatable bonds is 2. The largest absolute Gasteiger partial charge is 0.378 e. The van der Waals surface area contributed by atoms with E-state index in [2.05, 4.69) is 0 Å². The van der Waals surface area contributed by atoms with Crippen LogP contribution in [0.5, 0.6) is 0 Å². The number of carbonyl (C=O) groups excluding carboxylic acids is 2. The molecular formula is C13H14N2O3S. The van der Waals surface area contributed by atoms with Crippen molar-refractivity contribution in [3.8, 4) is 0 Å². The summed E-state index contributed by atoms with van der Waals surface area (Å²) in [4.78, 5) is 28.6. The monoisotopic (exact) mass is 278 g/mol. The predicted octanol–water partition coefficient (Wildman–Crippen LogP) is 0.790. The van der Waals surface area contributed by atoms with Crippen LogP contribution in [0.3, 0.4) is 0 Å². The predicted molar refractivity (Wildman–Crippen MR) is 71.4 cm³/mol. The Labute approximate surface area is 115 Å². The SMILES string of the molecule is CN1C(=O)C(c2cccs2)=C(N2CCOCC2)C1=O. The van der Waals surface area contributed by atoms with Gasteiger partial charge in [0.05, 0.1) is 18.8 Å². The third-order valence-electron chi connectivity index (χ3n) is 3.36. The number of amides is 2. The lowest BCUT2D eigenvalue weighted by molar-refractivity contribution is -0.136. The van der Waals surface area contributed by atoms with E-state index < -0.39 is 0 Å². The van der Waals surface area contributed by atoms with Crippen LogP contribution in [0.15, 0.2) is 23.2 Å². The second kappa shape index (κ2) is 4.79. The van der Waals surface area contributed by atoms with E-state index in [1.807, 2.05) is 22.4 Å². The minimum absolute atomic E-state index is 0.213. The van der Waals surface area contributed by atoms with Crippen LogP contribution in [0.2, 0.25) is 0 Å². The maximum Gasteiger partial charge on any atom is 0.277 e. The van der Waals surface area contributed by atoms with Crippen LogP contribution in [0, 0.1) is 0 Å². The first-order valence-electron chi connectivity index (χ1n) is 6.13. The van der Waals surface area contributed by atoms with Crippen LogP contribution in [0.1, 0.15) is 4.88 Å². The Morgan fingerprint density at radius 1 is 1.21 bits per heavy atom. The standard InChI is InChI=1S/C13H14N2O3S/c1-14-12(16)10(9-3-2-8-19-9)11(13(14)17)15-4-6-18-7-5-15/h2-3,8H,4-7H2,1H3. The van der Waals surface area contributed by atoms with Gasteiger partial charge < -0.3 is 9.64 Å².